The minimum absolute atomic E-state index is 0.755. The van der Waals surface area contributed by atoms with Gasteiger partial charge in [-0.2, -0.15) is 0 Å². The number of carbonyl (C=O) groups is 2. The van der Waals surface area contributed by atoms with Crippen LogP contribution in [0.1, 0.15) is 6.42 Å². The summed E-state index contributed by atoms with van der Waals surface area (Å²) < 4.78 is 4.58. The lowest BCUT2D eigenvalue weighted by atomic mass is 10.3. The van der Waals surface area contributed by atoms with Crippen molar-refractivity contribution in [3.05, 3.63) is 24.7 Å². The lowest BCUT2D eigenvalue weighted by molar-refractivity contribution is -0.152. The highest BCUT2D eigenvalue weighted by molar-refractivity contribution is 5.79. The molecule has 78 valence electrons. The van der Waals surface area contributed by atoms with E-state index in [1.807, 2.05) is 12.1 Å². The average molecular weight is 202 g/mol. The molecule has 1 aromatic heterocycles. The second-order valence-corrected chi connectivity index (χ2v) is 2.25. The van der Waals surface area contributed by atoms with E-state index < -0.39 is 24.5 Å². The van der Waals surface area contributed by atoms with E-state index in [4.69, 9.17) is 15.3 Å². The van der Waals surface area contributed by atoms with E-state index in [9.17, 15) is 9.59 Å². The number of hydrogen-bond acceptors (Lipinski definition) is 4. The van der Waals surface area contributed by atoms with Crippen molar-refractivity contribution in [1.29, 1.82) is 0 Å². The largest absolute Gasteiger partial charge is 0.481 e. The molecule has 1 unspecified atom stereocenters. The van der Waals surface area contributed by atoms with E-state index in [1.54, 1.807) is 12.5 Å². The topological polar surface area (TPSA) is 108 Å². The number of rotatable bonds is 3. The first-order valence-electron chi connectivity index (χ1n) is 3.64. The Bertz CT molecular complexity index is 248. The Balaban J connectivity index is 0.000000280. The Morgan fingerprint density at radius 1 is 1.21 bits per heavy atom. The van der Waals surface area contributed by atoms with E-state index in [2.05, 4.69) is 4.42 Å². The van der Waals surface area contributed by atoms with Crippen LogP contribution in [0.3, 0.4) is 0 Å². The zero-order valence-corrected chi connectivity index (χ0v) is 7.16. The highest BCUT2D eigenvalue weighted by Gasteiger charge is 2.16. The second kappa shape index (κ2) is 6.67. The summed E-state index contributed by atoms with van der Waals surface area (Å²) in [4.78, 5) is 19.4. The molecule has 0 aliphatic rings. The summed E-state index contributed by atoms with van der Waals surface area (Å²) in [5, 5.41) is 24.1. The maximum Gasteiger partial charge on any atom is 0.333 e. The van der Waals surface area contributed by atoms with Crippen LogP contribution in [0.5, 0.6) is 0 Å². The first kappa shape index (κ1) is 12.2. The van der Waals surface area contributed by atoms with E-state index in [-0.39, 0.29) is 0 Å². The summed E-state index contributed by atoms with van der Waals surface area (Å²) >= 11 is 0. The Morgan fingerprint density at radius 3 is 1.86 bits per heavy atom. The van der Waals surface area contributed by atoms with Gasteiger partial charge < -0.3 is 19.7 Å². The van der Waals surface area contributed by atoms with Crippen LogP contribution in [0.25, 0.3) is 0 Å². The predicted molar refractivity (Wildman–Crippen MR) is 44.6 cm³/mol. The van der Waals surface area contributed by atoms with Gasteiger partial charge in [0, 0.05) is 0 Å². The summed E-state index contributed by atoms with van der Waals surface area (Å²) in [5.74, 6) is -2.85. The van der Waals surface area contributed by atoms with Gasteiger partial charge in [0.1, 0.15) is 0 Å². The number of carboxylic acid groups (broad SMARTS) is 2. The fourth-order valence-electron chi connectivity index (χ4n) is 0.480. The molecule has 0 fully saturated rings. The lowest BCUT2D eigenvalue weighted by Gasteiger charge is -1.97. The molecule has 0 bridgehead atoms. The summed E-state index contributed by atoms with van der Waals surface area (Å²) in [5.41, 5.74) is 0. The third kappa shape index (κ3) is 6.86. The van der Waals surface area contributed by atoms with Crippen molar-refractivity contribution in [1.82, 2.24) is 0 Å². The highest BCUT2D eigenvalue weighted by Crippen LogP contribution is 1.89. The number of aliphatic carboxylic acids is 2. The molecule has 0 aromatic carbocycles. The molecule has 0 amide bonds. The van der Waals surface area contributed by atoms with Crippen molar-refractivity contribution in [2.24, 2.45) is 0 Å². The van der Waals surface area contributed by atoms with Crippen LogP contribution in [-0.4, -0.2) is 33.4 Å². The van der Waals surface area contributed by atoms with Gasteiger partial charge in [0.15, 0.2) is 6.10 Å². The Kier molecular flexibility index (Phi) is 5.80. The molecule has 1 atom stereocenters. The monoisotopic (exact) mass is 202 g/mol. The lowest BCUT2D eigenvalue weighted by Crippen LogP contribution is -2.22. The molecule has 14 heavy (non-hydrogen) atoms. The van der Waals surface area contributed by atoms with E-state index in [0.29, 0.717) is 0 Å². The molecule has 0 radical (unpaired) electrons. The molecule has 6 heteroatoms. The van der Waals surface area contributed by atoms with Gasteiger partial charge in [0.2, 0.25) is 0 Å². The van der Waals surface area contributed by atoms with Crippen LogP contribution < -0.4 is 0 Å². The van der Waals surface area contributed by atoms with Crippen LogP contribution in [0.2, 0.25) is 0 Å². The van der Waals surface area contributed by atoms with Crippen LogP contribution in [0.4, 0.5) is 0 Å². The number of hydrogen-bond donors (Lipinski definition) is 3. The maximum atomic E-state index is 9.72. The van der Waals surface area contributed by atoms with Crippen molar-refractivity contribution in [3.8, 4) is 0 Å². The van der Waals surface area contributed by atoms with Gasteiger partial charge >= 0.3 is 11.9 Å². The van der Waals surface area contributed by atoms with Gasteiger partial charge in [-0.05, 0) is 12.1 Å². The zero-order valence-electron chi connectivity index (χ0n) is 7.16. The van der Waals surface area contributed by atoms with Crippen LogP contribution in [0, 0.1) is 0 Å². The Labute approximate surface area is 79.4 Å². The van der Waals surface area contributed by atoms with Gasteiger partial charge in [-0.25, -0.2) is 4.79 Å². The van der Waals surface area contributed by atoms with Crippen LogP contribution in [-0.2, 0) is 9.59 Å². The van der Waals surface area contributed by atoms with Gasteiger partial charge in [-0.15, -0.1) is 0 Å². The zero-order chi connectivity index (χ0) is 11.0. The smallest absolute Gasteiger partial charge is 0.333 e. The van der Waals surface area contributed by atoms with Crippen LogP contribution >= 0.6 is 0 Å². The Hall–Kier alpha value is -1.82. The first-order chi connectivity index (χ1) is 6.54. The van der Waals surface area contributed by atoms with Gasteiger partial charge in [0.25, 0.3) is 0 Å². The second-order valence-electron chi connectivity index (χ2n) is 2.25. The minimum atomic E-state index is -1.79. The van der Waals surface area contributed by atoms with E-state index in [1.165, 1.54) is 0 Å². The fraction of sp³-hybridized carbons (Fsp3) is 0.250. The van der Waals surface area contributed by atoms with E-state index >= 15 is 0 Å². The molecule has 0 spiro atoms. The normalized spacial score (nSPS) is 10.9. The molecule has 0 saturated heterocycles. The number of aliphatic hydroxyl groups is 1. The summed E-state index contributed by atoms with van der Waals surface area (Å²) in [6, 6.07) is 3.67. The number of furan rings is 1. The predicted octanol–water partition coefficient (Wildman–Crippen LogP) is 0.186. The van der Waals surface area contributed by atoms with Crippen molar-refractivity contribution < 1.29 is 29.3 Å². The molecule has 0 aliphatic heterocycles. The SMILES string of the molecule is O=C(O)CC(O)C(=O)O.c1ccoc1. The van der Waals surface area contributed by atoms with E-state index in [0.717, 1.165) is 0 Å². The average Bonchev–Trinajstić information content (AvgIpc) is 2.59. The molecule has 1 aromatic rings. The van der Waals surface area contributed by atoms with Gasteiger partial charge in [0.05, 0.1) is 18.9 Å². The number of carboxylic acids is 2. The third-order valence-electron chi connectivity index (χ3n) is 1.08. The van der Waals surface area contributed by atoms with Gasteiger partial charge in [-0.3, -0.25) is 4.79 Å². The molecular formula is C8H10O6. The molecule has 1 rings (SSSR count). The van der Waals surface area contributed by atoms with Crippen molar-refractivity contribution >= 4 is 11.9 Å². The summed E-state index contributed by atoms with van der Waals surface area (Å²) in [6.45, 7) is 0. The first-order valence-corrected chi connectivity index (χ1v) is 3.64. The third-order valence-corrected chi connectivity index (χ3v) is 1.08. The van der Waals surface area contributed by atoms with Crippen LogP contribution in [0.15, 0.2) is 29.1 Å². The number of aliphatic hydroxyl groups excluding tert-OH is 1. The van der Waals surface area contributed by atoms with Crippen molar-refractivity contribution in [2.45, 2.75) is 12.5 Å². The molecule has 0 saturated carbocycles. The minimum Gasteiger partial charge on any atom is -0.481 e. The standard InChI is InChI=1S/C4H6O5.C4H4O/c5-2(4(8)9)1-3(6)7;1-2-4-5-3-1/h2,5H,1H2,(H,6,7)(H,8,9);1-4H. The van der Waals surface area contributed by atoms with Crippen molar-refractivity contribution in [2.75, 3.05) is 0 Å². The quantitative estimate of drug-likeness (QED) is 0.645. The molecule has 0 aliphatic carbocycles. The Morgan fingerprint density at radius 2 is 1.71 bits per heavy atom. The van der Waals surface area contributed by atoms with Crippen molar-refractivity contribution in [3.63, 3.8) is 0 Å². The van der Waals surface area contributed by atoms with Gasteiger partial charge in [-0.1, -0.05) is 0 Å². The molecule has 3 N–H and O–H groups in total. The summed E-state index contributed by atoms with van der Waals surface area (Å²) in [6.07, 6.45) is 0.706. The summed E-state index contributed by atoms with van der Waals surface area (Å²) in [7, 11) is 0. The molecule has 1 heterocycles. The fourth-order valence-corrected chi connectivity index (χ4v) is 0.480. The molecular weight excluding hydrogens is 192 g/mol. The highest BCUT2D eigenvalue weighted by atomic mass is 16.4. The maximum absolute atomic E-state index is 9.72. The molecule has 6 nitrogen and oxygen atoms in total.